The number of hydrogen-bond acceptors (Lipinski definition) is 3. The average molecular weight is 478 g/mol. The van der Waals surface area contributed by atoms with Crippen LogP contribution in [0.1, 0.15) is 42.2 Å². The molecule has 0 bridgehead atoms. The van der Waals surface area contributed by atoms with E-state index in [1.165, 1.54) is 18.2 Å². The first-order valence-electron chi connectivity index (χ1n) is 10.9. The molecule has 1 aliphatic heterocycles. The lowest BCUT2D eigenvalue weighted by molar-refractivity contribution is -0.192. The van der Waals surface area contributed by atoms with E-state index in [0.717, 1.165) is 36.6 Å². The Kier molecular flexibility index (Phi) is 7.48. The van der Waals surface area contributed by atoms with E-state index in [2.05, 4.69) is 4.74 Å². The lowest BCUT2D eigenvalue weighted by Gasteiger charge is -2.30. The van der Waals surface area contributed by atoms with Gasteiger partial charge in [0.05, 0.1) is 13.2 Å². The summed E-state index contributed by atoms with van der Waals surface area (Å²) in [5, 5.41) is 0. The van der Waals surface area contributed by atoms with Gasteiger partial charge in [-0.2, -0.15) is 0 Å². The van der Waals surface area contributed by atoms with Crippen molar-refractivity contribution in [3.63, 3.8) is 0 Å². The molecule has 0 unspecified atom stereocenters. The summed E-state index contributed by atoms with van der Waals surface area (Å²) in [6.45, 7) is 1.00. The van der Waals surface area contributed by atoms with E-state index >= 15 is 0 Å². The van der Waals surface area contributed by atoms with Crippen molar-refractivity contribution in [2.75, 3.05) is 20.1 Å². The minimum atomic E-state index is -1.39. The maximum atomic E-state index is 14.8. The molecule has 8 heteroatoms. The molecule has 1 aliphatic rings. The Morgan fingerprint density at radius 2 is 1.56 bits per heavy atom. The molecule has 0 radical (unpaired) electrons. The Balaban J connectivity index is 1.46. The molecule has 3 nitrogen and oxygen atoms in total. The summed E-state index contributed by atoms with van der Waals surface area (Å²) >= 11 is 0. The van der Waals surface area contributed by atoms with Crippen molar-refractivity contribution in [3.8, 4) is 16.9 Å². The van der Waals surface area contributed by atoms with E-state index < -0.39 is 36.4 Å². The van der Waals surface area contributed by atoms with Crippen LogP contribution in [0.5, 0.6) is 5.75 Å². The normalized spacial score (nSPS) is 18.2. The van der Waals surface area contributed by atoms with E-state index in [-0.39, 0.29) is 36.1 Å². The zero-order valence-electron chi connectivity index (χ0n) is 18.4. The van der Waals surface area contributed by atoms with E-state index in [4.69, 9.17) is 9.47 Å². The number of rotatable bonds is 7. The van der Waals surface area contributed by atoms with Crippen LogP contribution in [0, 0.1) is 23.3 Å². The van der Waals surface area contributed by atoms with E-state index in [1.54, 1.807) is 6.07 Å². The number of ether oxygens (including phenoxy) is 3. The molecule has 34 heavy (non-hydrogen) atoms. The highest BCUT2D eigenvalue weighted by Gasteiger charge is 2.27. The highest BCUT2D eigenvalue weighted by atomic mass is 19.2. The number of hydrogen-bond donors (Lipinski definition) is 0. The summed E-state index contributed by atoms with van der Waals surface area (Å²) in [5.74, 6) is -4.50. The standard InChI is InChI=1S/C26H23F5O3/c1-2-3-15-4-6-20(21(28)8-15)18-12-32-26(33-13-18)16-5-7-19(22(29)9-16)17-10-23(30)25(34-14-27)24(31)11-17/h4-11,18,26H,2-3,12-14H2,1H3. The zero-order valence-corrected chi connectivity index (χ0v) is 18.4. The second-order valence-electron chi connectivity index (χ2n) is 8.06. The molecule has 0 atom stereocenters. The summed E-state index contributed by atoms with van der Waals surface area (Å²) in [4.78, 5) is 0. The topological polar surface area (TPSA) is 27.7 Å². The fraction of sp³-hybridized carbons (Fsp3) is 0.308. The minimum absolute atomic E-state index is 0.0590. The van der Waals surface area contributed by atoms with Gasteiger partial charge in [-0.05, 0) is 47.4 Å². The van der Waals surface area contributed by atoms with Crippen LogP contribution in [-0.2, 0) is 15.9 Å². The van der Waals surface area contributed by atoms with Gasteiger partial charge in [0.15, 0.2) is 23.7 Å². The summed E-state index contributed by atoms with van der Waals surface area (Å²) < 4.78 is 85.4. The Hall–Kier alpha value is -2.97. The van der Waals surface area contributed by atoms with Gasteiger partial charge in [0.25, 0.3) is 0 Å². The molecule has 3 aromatic rings. The van der Waals surface area contributed by atoms with Gasteiger partial charge >= 0.3 is 0 Å². The first-order valence-corrected chi connectivity index (χ1v) is 10.9. The molecule has 3 aromatic carbocycles. The minimum Gasteiger partial charge on any atom is -0.457 e. The average Bonchev–Trinajstić information content (AvgIpc) is 2.82. The lowest BCUT2D eigenvalue weighted by atomic mass is 9.96. The van der Waals surface area contributed by atoms with Gasteiger partial charge in [-0.1, -0.05) is 37.6 Å². The van der Waals surface area contributed by atoms with Gasteiger partial charge in [0.1, 0.15) is 11.6 Å². The van der Waals surface area contributed by atoms with Crippen LogP contribution < -0.4 is 4.74 Å². The van der Waals surface area contributed by atoms with Gasteiger partial charge < -0.3 is 14.2 Å². The molecule has 0 spiro atoms. The first kappa shape index (κ1) is 24.2. The van der Waals surface area contributed by atoms with E-state index in [1.807, 2.05) is 13.0 Å². The number of alkyl halides is 1. The van der Waals surface area contributed by atoms with Gasteiger partial charge in [-0.25, -0.2) is 22.0 Å². The van der Waals surface area contributed by atoms with Crippen molar-refractivity contribution in [1.29, 1.82) is 0 Å². The van der Waals surface area contributed by atoms with Crippen LogP contribution in [-0.4, -0.2) is 20.1 Å². The quantitative estimate of drug-likeness (QED) is 0.342. The largest absolute Gasteiger partial charge is 0.457 e. The first-order chi connectivity index (χ1) is 16.4. The predicted octanol–water partition coefficient (Wildman–Crippen LogP) is 7.00. The Morgan fingerprint density at radius 1 is 0.853 bits per heavy atom. The monoisotopic (exact) mass is 478 g/mol. The summed E-state index contributed by atoms with van der Waals surface area (Å²) in [5.41, 5.74) is 1.68. The van der Waals surface area contributed by atoms with Crippen molar-refractivity contribution in [1.82, 2.24) is 0 Å². The predicted molar refractivity (Wildman–Crippen MR) is 116 cm³/mol. The molecule has 0 N–H and O–H groups in total. The third kappa shape index (κ3) is 5.08. The maximum Gasteiger partial charge on any atom is 0.228 e. The van der Waals surface area contributed by atoms with Crippen LogP contribution >= 0.6 is 0 Å². The number of aryl methyl sites for hydroxylation is 1. The summed E-state index contributed by atoms with van der Waals surface area (Å²) in [6, 6.07) is 10.9. The van der Waals surface area contributed by atoms with E-state index in [0.29, 0.717) is 11.1 Å². The van der Waals surface area contributed by atoms with Crippen molar-refractivity contribution in [2.45, 2.75) is 32.0 Å². The second kappa shape index (κ2) is 10.5. The molecule has 1 saturated heterocycles. The molecular weight excluding hydrogens is 455 g/mol. The van der Waals surface area contributed by atoms with Gasteiger partial charge in [0.2, 0.25) is 6.86 Å². The lowest BCUT2D eigenvalue weighted by Crippen LogP contribution is -2.26. The molecule has 0 aromatic heterocycles. The SMILES string of the molecule is CCCc1ccc(C2COC(c3ccc(-c4cc(F)c(OCF)c(F)c4)c(F)c3)OC2)c(F)c1. The maximum absolute atomic E-state index is 14.8. The van der Waals surface area contributed by atoms with Crippen molar-refractivity contribution in [3.05, 3.63) is 88.5 Å². The molecule has 0 saturated carbocycles. The summed E-state index contributed by atoms with van der Waals surface area (Å²) in [6.07, 6.45) is 0.859. The summed E-state index contributed by atoms with van der Waals surface area (Å²) in [7, 11) is 0. The molecule has 0 amide bonds. The molecule has 180 valence electrons. The van der Waals surface area contributed by atoms with E-state index in [9.17, 15) is 22.0 Å². The van der Waals surface area contributed by atoms with Crippen LogP contribution in [0.3, 0.4) is 0 Å². The van der Waals surface area contributed by atoms with Crippen LogP contribution in [0.2, 0.25) is 0 Å². The smallest absolute Gasteiger partial charge is 0.228 e. The van der Waals surface area contributed by atoms with Crippen LogP contribution in [0.4, 0.5) is 22.0 Å². The Bertz CT molecular complexity index is 1140. The molecular formula is C26H23F5O3. The van der Waals surface area contributed by atoms with Gasteiger partial charge in [-0.3, -0.25) is 0 Å². The van der Waals surface area contributed by atoms with Gasteiger partial charge in [0, 0.05) is 17.0 Å². The van der Waals surface area contributed by atoms with Crippen molar-refractivity contribution < 1.29 is 36.2 Å². The molecule has 1 heterocycles. The van der Waals surface area contributed by atoms with Gasteiger partial charge in [-0.15, -0.1) is 0 Å². The molecule has 4 rings (SSSR count). The fourth-order valence-electron chi connectivity index (χ4n) is 4.04. The Morgan fingerprint density at radius 3 is 2.15 bits per heavy atom. The fourth-order valence-corrected chi connectivity index (χ4v) is 4.04. The number of benzene rings is 3. The molecule has 1 fully saturated rings. The van der Waals surface area contributed by atoms with Crippen molar-refractivity contribution in [2.24, 2.45) is 0 Å². The van der Waals surface area contributed by atoms with Crippen LogP contribution in [0.25, 0.3) is 11.1 Å². The zero-order chi connectivity index (χ0) is 24.2. The third-order valence-corrected chi connectivity index (χ3v) is 5.71. The Labute approximate surface area is 194 Å². The van der Waals surface area contributed by atoms with Crippen molar-refractivity contribution >= 4 is 0 Å². The highest BCUT2D eigenvalue weighted by Crippen LogP contribution is 2.35. The van der Waals surface area contributed by atoms with Crippen LogP contribution in [0.15, 0.2) is 48.5 Å². The number of halogens is 5. The second-order valence-corrected chi connectivity index (χ2v) is 8.06. The highest BCUT2D eigenvalue weighted by molar-refractivity contribution is 5.66. The molecule has 0 aliphatic carbocycles. The third-order valence-electron chi connectivity index (χ3n) is 5.71.